The van der Waals surface area contributed by atoms with Crippen LogP contribution in [-0.4, -0.2) is 46.9 Å². The standard InChI is InChI=1S/C22H35N5O3.HI/c1-6-23-22(24-13-7-8-20-26-21(15(2)3)27-30-20)25-14-19(28)17-9-11-18(12-10-17)29-16(4)5;/h9-12,15-16,19,28H,6-8,13-14H2,1-5H3,(H2,23,24,25);1H. The van der Waals surface area contributed by atoms with E-state index in [2.05, 4.69) is 25.8 Å². The highest BCUT2D eigenvalue weighted by Gasteiger charge is 2.10. The first kappa shape index (κ1) is 27.2. The van der Waals surface area contributed by atoms with Crippen molar-refractivity contribution in [2.75, 3.05) is 19.6 Å². The minimum atomic E-state index is -0.679. The summed E-state index contributed by atoms with van der Waals surface area (Å²) in [5.41, 5.74) is 0.808. The number of guanidine groups is 1. The molecule has 0 saturated carbocycles. The van der Waals surface area contributed by atoms with E-state index in [1.807, 2.05) is 58.9 Å². The zero-order valence-corrected chi connectivity index (χ0v) is 21.4. The monoisotopic (exact) mass is 545 g/mol. The number of hydrogen-bond acceptors (Lipinski definition) is 6. The Morgan fingerprint density at radius 1 is 1.16 bits per heavy atom. The summed E-state index contributed by atoms with van der Waals surface area (Å²) < 4.78 is 10.9. The number of rotatable bonds is 11. The Bertz CT molecular complexity index is 778. The van der Waals surface area contributed by atoms with Crippen LogP contribution in [0.3, 0.4) is 0 Å². The van der Waals surface area contributed by atoms with E-state index in [0.717, 1.165) is 30.1 Å². The molecule has 9 heteroatoms. The van der Waals surface area contributed by atoms with Crippen LogP contribution >= 0.6 is 24.0 Å². The van der Waals surface area contributed by atoms with Crippen molar-refractivity contribution < 1.29 is 14.4 Å². The zero-order valence-electron chi connectivity index (χ0n) is 19.1. The number of hydrogen-bond donors (Lipinski definition) is 3. The fraction of sp³-hybridized carbons (Fsp3) is 0.591. The third-order valence-corrected chi connectivity index (χ3v) is 4.26. The smallest absolute Gasteiger partial charge is 0.226 e. The van der Waals surface area contributed by atoms with Crippen LogP contribution in [0.15, 0.2) is 33.8 Å². The summed E-state index contributed by atoms with van der Waals surface area (Å²) in [7, 11) is 0. The Labute approximate surface area is 202 Å². The van der Waals surface area contributed by atoms with Gasteiger partial charge >= 0.3 is 0 Å². The lowest BCUT2D eigenvalue weighted by Gasteiger charge is -2.14. The minimum Gasteiger partial charge on any atom is -0.491 e. The van der Waals surface area contributed by atoms with Gasteiger partial charge in [0, 0.05) is 25.4 Å². The molecule has 2 rings (SSSR count). The Kier molecular flexibility index (Phi) is 12.5. The van der Waals surface area contributed by atoms with Crippen molar-refractivity contribution in [3.63, 3.8) is 0 Å². The van der Waals surface area contributed by atoms with Gasteiger partial charge in [-0.2, -0.15) is 4.98 Å². The molecule has 1 unspecified atom stereocenters. The molecule has 31 heavy (non-hydrogen) atoms. The summed E-state index contributed by atoms with van der Waals surface area (Å²) in [6.07, 6.45) is 0.987. The molecule has 174 valence electrons. The van der Waals surface area contributed by atoms with E-state index in [1.54, 1.807) is 0 Å². The second kappa shape index (κ2) is 14.2. The van der Waals surface area contributed by atoms with Crippen LogP contribution < -0.4 is 15.4 Å². The molecule has 0 radical (unpaired) electrons. The zero-order chi connectivity index (χ0) is 21.9. The van der Waals surface area contributed by atoms with Crippen molar-refractivity contribution in [2.24, 2.45) is 4.99 Å². The summed E-state index contributed by atoms with van der Waals surface area (Å²) in [5, 5.41) is 20.9. The maximum Gasteiger partial charge on any atom is 0.226 e. The molecule has 1 aromatic heterocycles. The third-order valence-electron chi connectivity index (χ3n) is 4.26. The van der Waals surface area contributed by atoms with Gasteiger partial charge in [-0.3, -0.25) is 4.99 Å². The number of benzene rings is 1. The quantitative estimate of drug-likeness (QED) is 0.171. The first-order valence-electron chi connectivity index (χ1n) is 10.7. The molecule has 0 aliphatic carbocycles. The minimum absolute atomic E-state index is 0. The predicted octanol–water partition coefficient (Wildman–Crippen LogP) is 3.82. The van der Waals surface area contributed by atoms with E-state index < -0.39 is 6.10 Å². The van der Waals surface area contributed by atoms with Crippen LogP contribution in [-0.2, 0) is 6.42 Å². The molecular weight excluding hydrogens is 509 g/mol. The first-order valence-corrected chi connectivity index (χ1v) is 10.7. The topological polar surface area (TPSA) is 105 Å². The molecule has 0 spiro atoms. The number of halogens is 1. The van der Waals surface area contributed by atoms with Crippen LogP contribution in [0.4, 0.5) is 0 Å². The van der Waals surface area contributed by atoms with Crippen molar-refractivity contribution in [2.45, 2.75) is 65.6 Å². The fourth-order valence-electron chi connectivity index (χ4n) is 2.72. The van der Waals surface area contributed by atoms with Crippen molar-refractivity contribution in [1.82, 2.24) is 20.8 Å². The average Bonchev–Trinajstić information content (AvgIpc) is 3.18. The molecular formula is C22H36IN5O3. The summed E-state index contributed by atoms with van der Waals surface area (Å²) in [5.74, 6) is 3.12. The Morgan fingerprint density at radius 2 is 1.87 bits per heavy atom. The van der Waals surface area contributed by atoms with Crippen LogP contribution in [0.1, 0.15) is 70.3 Å². The second-order valence-corrected chi connectivity index (χ2v) is 7.70. The van der Waals surface area contributed by atoms with Gasteiger partial charge in [-0.25, -0.2) is 0 Å². The Morgan fingerprint density at radius 3 is 2.45 bits per heavy atom. The summed E-state index contributed by atoms with van der Waals surface area (Å²) in [6.45, 7) is 11.8. The number of aliphatic hydroxyl groups is 1. The largest absolute Gasteiger partial charge is 0.491 e. The first-order chi connectivity index (χ1) is 14.4. The average molecular weight is 545 g/mol. The Hall–Kier alpha value is -1.88. The SMILES string of the molecule is CCNC(=NCC(O)c1ccc(OC(C)C)cc1)NCCCc1nc(C(C)C)no1.I. The second-order valence-electron chi connectivity index (χ2n) is 7.70. The van der Waals surface area contributed by atoms with Crippen LogP contribution in [0.25, 0.3) is 0 Å². The Balaban J connectivity index is 0.00000480. The van der Waals surface area contributed by atoms with Gasteiger partial charge in [-0.15, -0.1) is 24.0 Å². The maximum atomic E-state index is 10.4. The van der Waals surface area contributed by atoms with Crippen molar-refractivity contribution in [3.8, 4) is 5.75 Å². The van der Waals surface area contributed by atoms with Crippen LogP contribution in [0.5, 0.6) is 5.75 Å². The van der Waals surface area contributed by atoms with E-state index in [0.29, 0.717) is 24.8 Å². The summed E-state index contributed by atoms with van der Waals surface area (Å²) in [6, 6.07) is 7.48. The molecule has 0 bridgehead atoms. The number of aromatic nitrogens is 2. The van der Waals surface area contributed by atoms with E-state index in [1.165, 1.54) is 0 Å². The highest BCUT2D eigenvalue weighted by Crippen LogP contribution is 2.19. The van der Waals surface area contributed by atoms with Gasteiger partial charge in [-0.05, 0) is 44.9 Å². The van der Waals surface area contributed by atoms with E-state index in [4.69, 9.17) is 9.26 Å². The van der Waals surface area contributed by atoms with Gasteiger partial charge in [0.2, 0.25) is 5.89 Å². The van der Waals surface area contributed by atoms with E-state index >= 15 is 0 Å². The molecule has 1 atom stereocenters. The molecule has 0 fully saturated rings. The highest BCUT2D eigenvalue weighted by molar-refractivity contribution is 14.0. The molecule has 1 aromatic carbocycles. The summed E-state index contributed by atoms with van der Waals surface area (Å²) >= 11 is 0. The number of aliphatic imine (C=N–C) groups is 1. The molecule has 0 amide bonds. The lowest BCUT2D eigenvalue weighted by Crippen LogP contribution is -2.38. The number of nitrogens with one attached hydrogen (secondary N) is 2. The molecule has 2 aromatic rings. The normalized spacial score (nSPS) is 12.6. The van der Waals surface area contributed by atoms with Gasteiger partial charge in [0.1, 0.15) is 5.75 Å². The number of aryl methyl sites for hydroxylation is 1. The van der Waals surface area contributed by atoms with Gasteiger partial charge in [0.15, 0.2) is 11.8 Å². The molecule has 1 heterocycles. The van der Waals surface area contributed by atoms with Crippen LogP contribution in [0.2, 0.25) is 0 Å². The third kappa shape index (κ3) is 9.86. The van der Waals surface area contributed by atoms with Gasteiger partial charge in [0.25, 0.3) is 0 Å². The lowest BCUT2D eigenvalue weighted by molar-refractivity contribution is 0.186. The summed E-state index contributed by atoms with van der Waals surface area (Å²) in [4.78, 5) is 8.88. The molecule has 8 nitrogen and oxygen atoms in total. The van der Waals surface area contributed by atoms with Crippen molar-refractivity contribution in [3.05, 3.63) is 41.5 Å². The number of aliphatic hydroxyl groups excluding tert-OH is 1. The van der Waals surface area contributed by atoms with E-state index in [9.17, 15) is 5.11 Å². The molecule has 3 N–H and O–H groups in total. The van der Waals surface area contributed by atoms with Crippen LogP contribution in [0, 0.1) is 0 Å². The number of nitrogens with zero attached hydrogens (tertiary/aromatic N) is 3. The maximum absolute atomic E-state index is 10.4. The fourth-order valence-corrected chi connectivity index (χ4v) is 2.72. The van der Waals surface area contributed by atoms with Gasteiger partial charge in [-0.1, -0.05) is 31.1 Å². The van der Waals surface area contributed by atoms with E-state index in [-0.39, 0.29) is 42.5 Å². The molecule has 0 aliphatic heterocycles. The lowest BCUT2D eigenvalue weighted by atomic mass is 10.1. The number of ether oxygens (including phenoxy) is 1. The van der Waals surface area contributed by atoms with Crippen molar-refractivity contribution >= 4 is 29.9 Å². The molecule has 0 saturated heterocycles. The van der Waals surface area contributed by atoms with Gasteiger partial charge in [0.05, 0.1) is 18.8 Å². The molecule has 0 aliphatic rings. The van der Waals surface area contributed by atoms with Crippen molar-refractivity contribution in [1.29, 1.82) is 0 Å². The van der Waals surface area contributed by atoms with Gasteiger partial charge < -0.3 is 25.0 Å². The highest BCUT2D eigenvalue weighted by atomic mass is 127. The predicted molar refractivity (Wildman–Crippen MR) is 133 cm³/mol.